The van der Waals surface area contributed by atoms with Crippen molar-refractivity contribution in [1.82, 2.24) is 10.2 Å². The summed E-state index contributed by atoms with van der Waals surface area (Å²) in [5.74, 6) is 0.361. The van der Waals surface area contributed by atoms with Crippen molar-refractivity contribution in [1.29, 1.82) is 0 Å². The highest BCUT2D eigenvalue weighted by Crippen LogP contribution is 2.27. The largest absolute Gasteiger partial charge is 0.355 e. The van der Waals surface area contributed by atoms with Crippen molar-refractivity contribution >= 4 is 29.0 Å². The van der Waals surface area contributed by atoms with Crippen molar-refractivity contribution in [3.63, 3.8) is 0 Å². The number of benzene rings is 2. The van der Waals surface area contributed by atoms with Crippen LogP contribution in [0.2, 0.25) is 0 Å². The zero-order valence-corrected chi connectivity index (χ0v) is 19.2. The normalized spacial score (nSPS) is 18.6. The van der Waals surface area contributed by atoms with Crippen LogP contribution in [0.5, 0.6) is 0 Å². The molecule has 7 heteroatoms. The molecule has 2 saturated heterocycles. The fraction of sp³-hybridized carbons (Fsp3) is 0.333. The van der Waals surface area contributed by atoms with Crippen LogP contribution >= 0.6 is 0 Å². The molecule has 0 radical (unpaired) electrons. The number of rotatable bonds is 5. The lowest BCUT2D eigenvalue weighted by atomic mass is 10.1. The van der Waals surface area contributed by atoms with Gasteiger partial charge in [-0.05, 0) is 49.2 Å². The van der Waals surface area contributed by atoms with Crippen LogP contribution in [0.1, 0.15) is 32.1 Å². The van der Waals surface area contributed by atoms with Gasteiger partial charge in [0, 0.05) is 43.0 Å². The summed E-state index contributed by atoms with van der Waals surface area (Å²) in [5.41, 5.74) is 3.17. The molecule has 3 aromatic rings. The third-order valence-corrected chi connectivity index (χ3v) is 6.57. The Kier molecular flexibility index (Phi) is 6.51. The molecule has 0 spiro atoms. The molecule has 1 atom stereocenters. The highest BCUT2D eigenvalue weighted by Gasteiger charge is 2.35. The number of amides is 2. The average Bonchev–Trinajstić information content (AvgIpc) is 3.08. The van der Waals surface area contributed by atoms with Gasteiger partial charge in [-0.15, -0.1) is 10.2 Å². The first-order chi connectivity index (χ1) is 16.7. The molecule has 2 aliphatic rings. The van der Waals surface area contributed by atoms with Crippen molar-refractivity contribution < 1.29 is 9.59 Å². The highest BCUT2D eigenvalue weighted by molar-refractivity contribution is 6.03. The van der Waals surface area contributed by atoms with Crippen molar-refractivity contribution in [3.05, 3.63) is 66.7 Å². The Bertz CT molecular complexity index is 1140. The van der Waals surface area contributed by atoms with E-state index in [4.69, 9.17) is 0 Å². The van der Waals surface area contributed by atoms with E-state index in [2.05, 4.69) is 20.4 Å². The Morgan fingerprint density at radius 2 is 1.68 bits per heavy atom. The molecule has 2 fully saturated rings. The molecular formula is C27H29N5O2. The van der Waals surface area contributed by atoms with Crippen LogP contribution in [-0.4, -0.2) is 41.6 Å². The van der Waals surface area contributed by atoms with E-state index in [1.54, 1.807) is 4.90 Å². The van der Waals surface area contributed by atoms with Crippen molar-refractivity contribution in [2.24, 2.45) is 5.92 Å². The van der Waals surface area contributed by atoms with Gasteiger partial charge in [0.1, 0.15) is 0 Å². The highest BCUT2D eigenvalue weighted by atomic mass is 16.2. The predicted molar refractivity (Wildman–Crippen MR) is 134 cm³/mol. The van der Waals surface area contributed by atoms with Crippen LogP contribution in [0.25, 0.3) is 11.3 Å². The number of para-hydroxylation sites is 1. The lowest BCUT2D eigenvalue weighted by Gasteiger charge is -2.20. The Hall–Kier alpha value is -3.74. The van der Waals surface area contributed by atoms with Crippen LogP contribution in [0, 0.1) is 5.92 Å². The first kappa shape index (κ1) is 22.1. The Labute approximate surface area is 199 Å². The molecule has 2 aliphatic heterocycles. The van der Waals surface area contributed by atoms with Gasteiger partial charge < -0.3 is 15.1 Å². The minimum absolute atomic E-state index is 0.0279. The van der Waals surface area contributed by atoms with E-state index >= 15 is 0 Å². The van der Waals surface area contributed by atoms with Gasteiger partial charge in [0.15, 0.2) is 5.82 Å². The van der Waals surface area contributed by atoms with E-state index in [9.17, 15) is 9.59 Å². The van der Waals surface area contributed by atoms with Crippen LogP contribution < -0.4 is 15.1 Å². The molecule has 34 heavy (non-hydrogen) atoms. The number of anilines is 3. The van der Waals surface area contributed by atoms with Crippen LogP contribution in [0.4, 0.5) is 17.2 Å². The maximum Gasteiger partial charge on any atom is 0.229 e. The topological polar surface area (TPSA) is 78.4 Å². The molecule has 1 aromatic heterocycles. The number of carbonyl (C=O) groups excluding carboxylic acids is 2. The average molecular weight is 456 g/mol. The minimum atomic E-state index is -0.385. The quantitative estimate of drug-likeness (QED) is 0.612. The van der Waals surface area contributed by atoms with Gasteiger partial charge in [-0.3, -0.25) is 9.59 Å². The third kappa shape index (κ3) is 4.93. The Morgan fingerprint density at radius 3 is 2.41 bits per heavy atom. The van der Waals surface area contributed by atoms with Gasteiger partial charge in [-0.25, -0.2) is 0 Å². The second-order valence-corrected chi connectivity index (χ2v) is 8.99. The first-order valence-corrected chi connectivity index (χ1v) is 12.0. The lowest BCUT2D eigenvalue weighted by Crippen LogP contribution is -2.28. The second-order valence-electron chi connectivity index (χ2n) is 8.99. The molecule has 7 nitrogen and oxygen atoms in total. The molecule has 174 valence electrons. The second kappa shape index (κ2) is 10.0. The van der Waals surface area contributed by atoms with E-state index in [0.29, 0.717) is 12.2 Å². The standard InChI is InChI=1S/C27H29N5O2/c33-26-18-21(19-32(26)23-11-4-3-5-12-23)27(34)28-22-10-8-9-20(17-22)24-13-14-25(30-29-24)31-15-6-1-2-7-16-31/h3-5,8-14,17,21H,1-2,6-7,15-16,18-19H2,(H,28,34). The molecular weight excluding hydrogens is 426 g/mol. The first-order valence-electron chi connectivity index (χ1n) is 12.0. The number of carbonyl (C=O) groups is 2. The van der Waals surface area contributed by atoms with Gasteiger partial charge in [0.2, 0.25) is 11.8 Å². The number of hydrogen-bond donors (Lipinski definition) is 1. The fourth-order valence-corrected chi connectivity index (χ4v) is 4.69. The molecule has 1 N–H and O–H groups in total. The van der Waals surface area contributed by atoms with Gasteiger partial charge >= 0.3 is 0 Å². The monoisotopic (exact) mass is 455 g/mol. The molecule has 1 unspecified atom stereocenters. The van der Waals surface area contributed by atoms with E-state index in [-0.39, 0.29) is 24.2 Å². The van der Waals surface area contributed by atoms with Crippen molar-refractivity contribution in [2.45, 2.75) is 32.1 Å². The minimum Gasteiger partial charge on any atom is -0.355 e. The molecule has 2 aromatic carbocycles. The third-order valence-electron chi connectivity index (χ3n) is 6.57. The summed E-state index contributed by atoms with van der Waals surface area (Å²) in [6.45, 7) is 2.44. The predicted octanol–water partition coefficient (Wildman–Crippen LogP) is 4.52. The number of nitrogens with one attached hydrogen (secondary N) is 1. The summed E-state index contributed by atoms with van der Waals surface area (Å²) in [4.78, 5) is 29.4. The Morgan fingerprint density at radius 1 is 0.882 bits per heavy atom. The van der Waals surface area contributed by atoms with E-state index < -0.39 is 0 Å². The Balaban J connectivity index is 1.24. The maximum absolute atomic E-state index is 12.9. The summed E-state index contributed by atoms with van der Waals surface area (Å²) < 4.78 is 0. The number of aromatic nitrogens is 2. The maximum atomic E-state index is 12.9. The molecule has 3 heterocycles. The fourth-order valence-electron chi connectivity index (χ4n) is 4.69. The summed E-state index contributed by atoms with van der Waals surface area (Å²) in [5, 5.41) is 11.9. The number of hydrogen-bond acceptors (Lipinski definition) is 5. The SMILES string of the molecule is O=C(Nc1cccc(-c2ccc(N3CCCCCC3)nn2)c1)C1CC(=O)N(c2ccccc2)C1. The van der Waals surface area contributed by atoms with Crippen LogP contribution in [0.15, 0.2) is 66.7 Å². The van der Waals surface area contributed by atoms with E-state index in [1.165, 1.54) is 25.7 Å². The van der Waals surface area contributed by atoms with Gasteiger partial charge in [0.05, 0.1) is 11.6 Å². The van der Waals surface area contributed by atoms with Crippen molar-refractivity contribution in [2.75, 3.05) is 34.8 Å². The van der Waals surface area contributed by atoms with E-state index in [1.807, 2.05) is 66.7 Å². The van der Waals surface area contributed by atoms with Crippen LogP contribution in [0.3, 0.4) is 0 Å². The zero-order valence-electron chi connectivity index (χ0n) is 19.2. The van der Waals surface area contributed by atoms with Gasteiger partial charge in [-0.1, -0.05) is 43.2 Å². The molecule has 0 bridgehead atoms. The summed E-state index contributed by atoms with van der Waals surface area (Å²) in [7, 11) is 0. The van der Waals surface area contributed by atoms with E-state index in [0.717, 1.165) is 35.9 Å². The molecule has 0 aliphatic carbocycles. The van der Waals surface area contributed by atoms with Gasteiger partial charge in [-0.2, -0.15) is 0 Å². The van der Waals surface area contributed by atoms with Gasteiger partial charge in [0.25, 0.3) is 0 Å². The smallest absolute Gasteiger partial charge is 0.229 e. The van der Waals surface area contributed by atoms with Crippen LogP contribution in [-0.2, 0) is 9.59 Å². The molecule has 5 rings (SSSR count). The molecule has 2 amide bonds. The lowest BCUT2D eigenvalue weighted by molar-refractivity contribution is -0.122. The van der Waals surface area contributed by atoms with Crippen molar-refractivity contribution in [3.8, 4) is 11.3 Å². The summed E-state index contributed by atoms with van der Waals surface area (Å²) in [6, 6.07) is 21.1. The summed E-state index contributed by atoms with van der Waals surface area (Å²) in [6.07, 6.45) is 5.16. The summed E-state index contributed by atoms with van der Waals surface area (Å²) >= 11 is 0. The molecule has 0 saturated carbocycles. The number of nitrogens with zero attached hydrogens (tertiary/aromatic N) is 4. The zero-order chi connectivity index (χ0) is 23.3.